The summed E-state index contributed by atoms with van der Waals surface area (Å²) >= 11 is 0. The van der Waals surface area contributed by atoms with Gasteiger partial charge in [-0.3, -0.25) is 4.90 Å². The molecule has 0 saturated heterocycles. The van der Waals surface area contributed by atoms with Crippen molar-refractivity contribution in [3.05, 3.63) is 83.9 Å². The molecule has 8 rings (SSSR count). The predicted octanol–water partition coefficient (Wildman–Crippen LogP) is 5.07. The van der Waals surface area contributed by atoms with Gasteiger partial charge in [0.05, 0.1) is 16.8 Å². The van der Waals surface area contributed by atoms with Crippen molar-refractivity contribution in [1.29, 1.82) is 0 Å². The van der Waals surface area contributed by atoms with E-state index >= 15 is 17.6 Å². The smallest absolute Gasteiger partial charge is 0.310 e. The van der Waals surface area contributed by atoms with Gasteiger partial charge < -0.3 is 4.57 Å². The van der Waals surface area contributed by atoms with Crippen molar-refractivity contribution in [3.8, 4) is 5.69 Å². The van der Waals surface area contributed by atoms with Gasteiger partial charge in [0.2, 0.25) is 0 Å². The number of benzene rings is 4. The second-order valence-electron chi connectivity index (χ2n) is 9.44. The van der Waals surface area contributed by atoms with Gasteiger partial charge in [0.25, 0.3) is 6.71 Å². The second kappa shape index (κ2) is 5.49. The van der Waals surface area contributed by atoms with Crippen molar-refractivity contribution >= 4 is 56.3 Å². The number of aromatic nitrogens is 1. The molecular formula is C27H15BF4N2. The molecule has 3 aliphatic rings. The van der Waals surface area contributed by atoms with Gasteiger partial charge in [-0.25, -0.2) is 0 Å². The van der Waals surface area contributed by atoms with Gasteiger partial charge in [0, 0.05) is 27.7 Å². The molecule has 3 aliphatic heterocycles. The highest BCUT2D eigenvalue weighted by Crippen LogP contribution is 2.59. The van der Waals surface area contributed by atoms with Crippen molar-refractivity contribution in [2.24, 2.45) is 0 Å². The monoisotopic (exact) mass is 454 g/mol. The molecule has 0 saturated carbocycles. The van der Waals surface area contributed by atoms with Crippen LogP contribution >= 0.6 is 0 Å². The van der Waals surface area contributed by atoms with Crippen molar-refractivity contribution < 1.29 is 17.6 Å². The molecule has 0 unspecified atom stereocenters. The number of rotatable bonds is 0. The fourth-order valence-corrected chi connectivity index (χ4v) is 6.46. The lowest BCUT2D eigenvalue weighted by Crippen LogP contribution is -2.62. The maximum absolute atomic E-state index is 15.5. The van der Waals surface area contributed by atoms with E-state index in [2.05, 4.69) is 16.7 Å². The summed E-state index contributed by atoms with van der Waals surface area (Å²) in [5, 5.41) is 2.13. The molecule has 2 nitrogen and oxygen atoms in total. The van der Waals surface area contributed by atoms with Crippen LogP contribution in [-0.4, -0.2) is 17.3 Å². The lowest BCUT2D eigenvalue weighted by molar-refractivity contribution is -0.200. The molecular weight excluding hydrogens is 439 g/mol. The zero-order valence-corrected chi connectivity index (χ0v) is 17.9. The lowest BCUT2D eigenvalue weighted by atomic mass is 9.33. The summed E-state index contributed by atoms with van der Waals surface area (Å²) in [6.07, 6.45) is 0. The molecule has 4 aromatic carbocycles. The third-order valence-corrected chi connectivity index (χ3v) is 7.68. The quantitative estimate of drug-likeness (QED) is 0.177. The first-order valence-electron chi connectivity index (χ1n) is 11.2. The number of anilines is 2. The second-order valence-corrected chi connectivity index (χ2v) is 9.44. The predicted molar refractivity (Wildman–Crippen MR) is 128 cm³/mol. The summed E-state index contributed by atoms with van der Waals surface area (Å²) in [6.45, 7) is 1.27. The number of halogens is 4. The van der Waals surface area contributed by atoms with Gasteiger partial charge in [-0.15, -0.1) is 0 Å². The van der Waals surface area contributed by atoms with E-state index in [9.17, 15) is 0 Å². The van der Waals surface area contributed by atoms with E-state index in [1.165, 1.54) is 6.07 Å². The zero-order valence-electron chi connectivity index (χ0n) is 17.9. The first-order chi connectivity index (χ1) is 16.3. The van der Waals surface area contributed by atoms with Gasteiger partial charge in [0.1, 0.15) is 0 Å². The highest BCUT2D eigenvalue weighted by molar-refractivity contribution is 7.00. The molecule has 0 spiro atoms. The average molecular weight is 454 g/mol. The molecule has 0 N–H and O–H groups in total. The van der Waals surface area contributed by atoms with E-state index in [0.29, 0.717) is 21.4 Å². The number of hydrogen-bond acceptors (Lipinski definition) is 1. The molecule has 0 atom stereocenters. The Bertz CT molecular complexity index is 1750. The van der Waals surface area contributed by atoms with Crippen molar-refractivity contribution in [1.82, 2.24) is 4.57 Å². The molecule has 0 fully saturated rings. The van der Waals surface area contributed by atoms with Crippen LogP contribution in [0.3, 0.4) is 0 Å². The number of nitrogens with zero attached hydrogens (tertiary/aromatic N) is 2. The molecule has 5 aromatic rings. The topological polar surface area (TPSA) is 8.17 Å². The fourth-order valence-electron chi connectivity index (χ4n) is 6.46. The normalized spacial score (nSPS) is 17.9. The molecule has 164 valence electrons. The Kier molecular flexibility index (Phi) is 3.01. The highest BCUT2D eigenvalue weighted by Gasteiger charge is 2.70. The summed E-state index contributed by atoms with van der Waals surface area (Å²) in [7, 11) is 0. The van der Waals surface area contributed by atoms with Crippen molar-refractivity contribution in [2.75, 3.05) is 4.90 Å². The highest BCUT2D eigenvalue weighted by atomic mass is 19.3. The molecule has 0 amide bonds. The van der Waals surface area contributed by atoms with Crippen molar-refractivity contribution in [3.63, 3.8) is 0 Å². The van der Waals surface area contributed by atoms with Gasteiger partial charge in [0.15, 0.2) is 0 Å². The summed E-state index contributed by atoms with van der Waals surface area (Å²) in [5.41, 5.74) is 4.85. The molecule has 0 bridgehead atoms. The van der Waals surface area contributed by atoms with E-state index in [1.54, 1.807) is 25.1 Å². The molecule has 4 heterocycles. The summed E-state index contributed by atoms with van der Waals surface area (Å²) < 4.78 is 63.5. The largest absolute Gasteiger partial charge is 0.397 e. The molecule has 1 aromatic heterocycles. The number of hydrogen-bond donors (Lipinski definition) is 0. The number of para-hydroxylation sites is 2. The minimum Gasteiger partial charge on any atom is -0.310 e. The minimum absolute atomic E-state index is 0.0585. The van der Waals surface area contributed by atoms with Crippen LogP contribution in [-0.2, 0) is 5.92 Å². The van der Waals surface area contributed by atoms with E-state index in [-0.39, 0.29) is 11.4 Å². The lowest BCUT2D eigenvalue weighted by Gasteiger charge is -2.40. The van der Waals surface area contributed by atoms with Crippen LogP contribution in [0.5, 0.6) is 0 Å². The van der Waals surface area contributed by atoms with Crippen LogP contribution < -0.4 is 21.3 Å². The van der Waals surface area contributed by atoms with Crippen LogP contribution in [0.4, 0.5) is 28.9 Å². The minimum atomic E-state index is -4.37. The van der Waals surface area contributed by atoms with Gasteiger partial charge in [-0.2, -0.15) is 17.6 Å². The van der Waals surface area contributed by atoms with E-state index in [4.69, 9.17) is 0 Å². The fraction of sp³-hybridized carbons (Fsp3) is 0.111. The van der Waals surface area contributed by atoms with Gasteiger partial charge in [-0.05, 0) is 47.6 Å². The zero-order chi connectivity index (χ0) is 23.1. The first-order valence-corrected chi connectivity index (χ1v) is 11.2. The summed E-state index contributed by atoms with van der Waals surface area (Å²) in [6, 6.07) is 17.8. The van der Waals surface area contributed by atoms with Crippen LogP contribution in [0.15, 0.2) is 72.8 Å². The summed E-state index contributed by atoms with van der Waals surface area (Å²) in [4.78, 5) is 0.587. The van der Waals surface area contributed by atoms with E-state index in [1.807, 2.05) is 36.4 Å². The first kappa shape index (κ1) is 18.7. The van der Waals surface area contributed by atoms with E-state index < -0.39 is 24.2 Å². The Morgan fingerprint density at radius 3 is 2.35 bits per heavy atom. The SMILES string of the molecule is Cc1cc2c3c(c1)C(F)(F)C(F)(F)N3c1cccc3c1B2c1cccc2c4ccccc4n-3c12. The Balaban J connectivity index is 1.62. The Labute approximate surface area is 192 Å². The van der Waals surface area contributed by atoms with Gasteiger partial charge >= 0.3 is 12.0 Å². The maximum Gasteiger partial charge on any atom is 0.397 e. The number of alkyl halides is 4. The molecule has 34 heavy (non-hydrogen) atoms. The molecule has 0 aliphatic carbocycles. The molecule has 0 radical (unpaired) electrons. The maximum atomic E-state index is 15.5. The Morgan fingerprint density at radius 2 is 1.50 bits per heavy atom. The standard InChI is InChI=1S/C27H15BF4N2/c1-14-12-17-25-19(13-14)28-18-8-4-7-16-15-6-2-3-9-20(15)33(24(16)18)21-10-5-11-22(23(21)28)34(25)27(31,32)26(17,29)30/h2-13H,1H3. The van der Waals surface area contributed by atoms with Crippen LogP contribution in [0.1, 0.15) is 11.1 Å². The Hall–Kier alpha value is -3.74. The molecule has 7 heteroatoms. The number of fused-ring (bicyclic) bond motifs is 7. The van der Waals surface area contributed by atoms with E-state index in [0.717, 1.165) is 33.0 Å². The van der Waals surface area contributed by atoms with Gasteiger partial charge in [-0.1, -0.05) is 54.1 Å². The van der Waals surface area contributed by atoms with Crippen LogP contribution in [0.25, 0.3) is 27.5 Å². The Morgan fingerprint density at radius 1 is 0.765 bits per heavy atom. The average Bonchev–Trinajstić information content (AvgIpc) is 3.23. The van der Waals surface area contributed by atoms with Crippen LogP contribution in [0, 0.1) is 6.92 Å². The third-order valence-electron chi connectivity index (χ3n) is 7.68. The van der Waals surface area contributed by atoms with Crippen LogP contribution in [0.2, 0.25) is 0 Å². The number of aryl methyl sites for hydroxylation is 1. The third kappa shape index (κ3) is 1.79. The summed E-state index contributed by atoms with van der Waals surface area (Å²) in [5.74, 6) is -4.30. The van der Waals surface area contributed by atoms with Crippen molar-refractivity contribution in [2.45, 2.75) is 18.9 Å².